The van der Waals surface area contributed by atoms with E-state index in [9.17, 15) is 0 Å². The highest BCUT2D eigenvalue weighted by Gasteiger charge is 2.14. The van der Waals surface area contributed by atoms with Gasteiger partial charge in [-0.15, -0.1) is 0 Å². The van der Waals surface area contributed by atoms with Crippen LogP contribution in [0.1, 0.15) is 24.1 Å². The van der Waals surface area contributed by atoms with E-state index in [4.69, 9.17) is 4.74 Å². The molecular formula is C16H21N5O. The summed E-state index contributed by atoms with van der Waals surface area (Å²) in [6.45, 7) is 4.30. The van der Waals surface area contributed by atoms with Crippen LogP contribution in [0.15, 0.2) is 30.7 Å². The minimum Gasteiger partial charge on any atom is -0.379 e. The van der Waals surface area contributed by atoms with Crippen molar-refractivity contribution < 1.29 is 4.74 Å². The average Bonchev–Trinajstić information content (AvgIpc) is 2.55. The molecule has 0 spiro atoms. The molecule has 22 heavy (non-hydrogen) atoms. The molecule has 1 saturated heterocycles. The van der Waals surface area contributed by atoms with Crippen molar-refractivity contribution in [3.63, 3.8) is 0 Å². The van der Waals surface area contributed by atoms with Crippen molar-refractivity contribution in [1.82, 2.24) is 15.0 Å². The van der Waals surface area contributed by atoms with E-state index in [-0.39, 0.29) is 0 Å². The Morgan fingerprint density at radius 2 is 2.18 bits per heavy atom. The number of aromatic nitrogens is 3. The van der Waals surface area contributed by atoms with Crippen LogP contribution in [-0.4, -0.2) is 34.2 Å². The number of nitrogens with zero attached hydrogens (tertiary/aromatic N) is 3. The molecule has 0 bridgehead atoms. The van der Waals surface area contributed by atoms with Gasteiger partial charge in [0.15, 0.2) is 0 Å². The second kappa shape index (κ2) is 7.17. The molecule has 3 heterocycles. The maximum atomic E-state index is 5.47. The van der Waals surface area contributed by atoms with E-state index < -0.39 is 0 Å². The summed E-state index contributed by atoms with van der Waals surface area (Å²) in [4.78, 5) is 12.9. The summed E-state index contributed by atoms with van der Waals surface area (Å²) in [6, 6.07) is 6.25. The van der Waals surface area contributed by atoms with Crippen LogP contribution in [0.4, 0.5) is 11.6 Å². The van der Waals surface area contributed by atoms with Gasteiger partial charge in [0.1, 0.15) is 18.0 Å². The molecular weight excluding hydrogens is 278 g/mol. The zero-order chi connectivity index (χ0) is 15.2. The van der Waals surface area contributed by atoms with Gasteiger partial charge in [-0.2, -0.15) is 0 Å². The maximum absolute atomic E-state index is 5.47. The second-order valence-electron chi connectivity index (χ2n) is 5.47. The van der Waals surface area contributed by atoms with Crippen LogP contribution in [0.25, 0.3) is 0 Å². The molecule has 0 radical (unpaired) electrons. The van der Waals surface area contributed by atoms with Gasteiger partial charge >= 0.3 is 0 Å². The molecule has 1 aliphatic rings. The molecule has 2 aromatic rings. The van der Waals surface area contributed by atoms with Gasteiger partial charge in [0, 0.05) is 18.9 Å². The summed E-state index contributed by atoms with van der Waals surface area (Å²) in [6.07, 6.45) is 5.58. The third kappa shape index (κ3) is 3.92. The molecule has 0 unspecified atom stereocenters. The van der Waals surface area contributed by atoms with Gasteiger partial charge in [-0.3, -0.25) is 4.98 Å². The lowest BCUT2D eigenvalue weighted by Crippen LogP contribution is -2.30. The second-order valence-corrected chi connectivity index (χ2v) is 5.47. The minimum absolute atomic E-state index is 0.328. The van der Waals surface area contributed by atoms with Crippen LogP contribution >= 0.6 is 0 Å². The molecule has 1 fully saturated rings. The third-order valence-electron chi connectivity index (χ3n) is 3.73. The zero-order valence-electron chi connectivity index (χ0n) is 12.7. The lowest BCUT2D eigenvalue weighted by molar-refractivity contribution is 0.0875. The zero-order valence-corrected chi connectivity index (χ0v) is 12.7. The Bertz CT molecular complexity index is 613. The lowest BCUT2D eigenvalue weighted by atomic mass is 10.1. The SMILES string of the molecule is Cc1cccnc1CNc1cc(N[C@H]2CCCOC2)ncn1. The van der Waals surface area contributed by atoms with Gasteiger partial charge in [-0.1, -0.05) is 6.07 Å². The van der Waals surface area contributed by atoms with E-state index in [0.717, 1.165) is 43.4 Å². The fraction of sp³-hybridized carbons (Fsp3) is 0.438. The fourth-order valence-electron chi connectivity index (χ4n) is 2.47. The number of anilines is 2. The number of rotatable bonds is 5. The molecule has 0 saturated carbocycles. The Morgan fingerprint density at radius 3 is 3.00 bits per heavy atom. The first-order valence-corrected chi connectivity index (χ1v) is 7.62. The fourth-order valence-corrected chi connectivity index (χ4v) is 2.47. The highest BCUT2D eigenvalue weighted by atomic mass is 16.5. The first-order valence-electron chi connectivity index (χ1n) is 7.62. The minimum atomic E-state index is 0.328. The Labute approximate surface area is 130 Å². The predicted molar refractivity (Wildman–Crippen MR) is 85.8 cm³/mol. The lowest BCUT2D eigenvalue weighted by Gasteiger charge is -2.23. The summed E-state index contributed by atoms with van der Waals surface area (Å²) in [5, 5.41) is 6.69. The van der Waals surface area contributed by atoms with Gasteiger partial charge in [0.05, 0.1) is 24.9 Å². The highest BCUT2D eigenvalue weighted by molar-refractivity contribution is 5.47. The van der Waals surface area contributed by atoms with Gasteiger partial charge in [-0.25, -0.2) is 9.97 Å². The van der Waals surface area contributed by atoms with Crippen LogP contribution in [0.3, 0.4) is 0 Å². The highest BCUT2D eigenvalue weighted by Crippen LogP contribution is 2.15. The van der Waals surface area contributed by atoms with Crippen molar-refractivity contribution in [2.24, 2.45) is 0 Å². The Kier molecular flexibility index (Phi) is 4.80. The molecule has 116 valence electrons. The first kappa shape index (κ1) is 14.7. The van der Waals surface area contributed by atoms with Crippen LogP contribution in [0, 0.1) is 6.92 Å². The molecule has 2 N–H and O–H groups in total. The smallest absolute Gasteiger partial charge is 0.131 e. The van der Waals surface area contributed by atoms with Crippen molar-refractivity contribution in [3.8, 4) is 0 Å². The van der Waals surface area contributed by atoms with Crippen molar-refractivity contribution in [1.29, 1.82) is 0 Å². The normalized spacial score (nSPS) is 18.0. The van der Waals surface area contributed by atoms with E-state index in [1.807, 2.05) is 12.1 Å². The Hall–Kier alpha value is -2.21. The van der Waals surface area contributed by atoms with Crippen LogP contribution in [-0.2, 0) is 11.3 Å². The van der Waals surface area contributed by atoms with Gasteiger partial charge in [0.2, 0.25) is 0 Å². The monoisotopic (exact) mass is 299 g/mol. The van der Waals surface area contributed by atoms with Crippen molar-refractivity contribution >= 4 is 11.6 Å². The molecule has 0 amide bonds. The summed E-state index contributed by atoms with van der Waals surface area (Å²) < 4.78 is 5.47. The van der Waals surface area contributed by atoms with Crippen molar-refractivity contribution in [2.45, 2.75) is 32.4 Å². The van der Waals surface area contributed by atoms with Crippen molar-refractivity contribution in [2.75, 3.05) is 23.8 Å². The summed E-state index contributed by atoms with van der Waals surface area (Å²) in [7, 11) is 0. The molecule has 6 nitrogen and oxygen atoms in total. The average molecular weight is 299 g/mol. The Morgan fingerprint density at radius 1 is 1.27 bits per heavy atom. The molecule has 0 aliphatic carbocycles. The number of nitrogens with one attached hydrogen (secondary N) is 2. The standard InChI is InChI=1S/C16H21N5O/c1-12-4-2-6-17-14(12)9-18-15-8-16(20-11-19-15)21-13-5-3-7-22-10-13/h2,4,6,8,11,13H,3,5,7,9-10H2,1H3,(H2,18,19,20,21)/t13-/m0/s1. The number of aryl methyl sites for hydroxylation is 1. The van der Waals surface area contributed by atoms with E-state index in [2.05, 4.69) is 38.6 Å². The van der Waals surface area contributed by atoms with Gasteiger partial charge in [-0.05, 0) is 31.4 Å². The molecule has 3 rings (SSSR count). The first-order chi connectivity index (χ1) is 10.8. The number of hydrogen-bond donors (Lipinski definition) is 2. The molecule has 6 heteroatoms. The van der Waals surface area contributed by atoms with E-state index in [1.165, 1.54) is 5.56 Å². The van der Waals surface area contributed by atoms with E-state index >= 15 is 0 Å². The molecule has 1 atom stereocenters. The quantitative estimate of drug-likeness (QED) is 0.883. The van der Waals surface area contributed by atoms with Gasteiger partial charge < -0.3 is 15.4 Å². The number of ether oxygens (including phenoxy) is 1. The molecule has 1 aliphatic heterocycles. The molecule has 0 aromatic carbocycles. The van der Waals surface area contributed by atoms with Crippen LogP contribution < -0.4 is 10.6 Å². The largest absolute Gasteiger partial charge is 0.379 e. The van der Waals surface area contributed by atoms with Gasteiger partial charge in [0.25, 0.3) is 0 Å². The van der Waals surface area contributed by atoms with E-state index in [1.54, 1.807) is 12.5 Å². The van der Waals surface area contributed by atoms with E-state index in [0.29, 0.717) is 12.6 Å². The maximum Gasteiger partial charge on any atom is 0.131 e. The summed E-state index contributed by atoms with van der Waals surface area (Å²) in [5.41, 5.74) is 2.19. The number of hydrogen-bond acceptors (Lipinski definition) is 6. The van der Waals surface area contributed by atoms with Crippen molar-refractivity contribution in [3.05, 3.63) is 42.0 Å². The number of pyridine rings is 1. The third-order valence-corrected chi connectivity index (χ3v) is 3.73. The molecule has 2 aromatic heterocycles. The summed E-state index contributed by atoms with van der Waals surface area (Å²) >= 11 is 0. The topological polar surface area (TPSA) is 72.0 Å². The van der Waals surface area contributed by atoms with Crippen LogP contribution in [0.2, 0.25) is 0 Å². The van der Waals surface area contributed by atoms with Crippen LogP contribution in [0.5, 0.6) is 0 Å². The Balaban J connectivity index is 1.60. The predicted octanol–water partition coefficient (Wildman–Crippen LogP) is 2.38. The summed E-state index contributed by atoms with van der Waals surface area (Å²) in [5.74, 6) is 1.62.